The second kappa shape index (κ2) is 11.4. The van der Waals surface area contributed by atoms with Crippen LogP contribution in [-0.2, 0) is 23.1 Å². The predicted octanol–water partition coefficient (Wildman–Crippen LogP) is 6.04. The monoisotopic (exact) mass is 467 g/mol. The maximum Gasteiger partial charge on any atom is 0.231 e. The van der Waals surface area contributed by atoms with Crippen LogP contribution in [0.25, 0.3) is 0 Å². The molecule has 1 N–H and O–H groups in total. The highest BCUT2D eigenvalue weighted by Crippen LogP contribution is 2.51. The number of aliphatic hydroxyl groups excluding tert-OH is 1. The molecule has 3 aromatic rings. The fourth-order valence-electron chi connectivity index (χ4n) is 3.85. The molecule has 2 aliphatic rings. The lowest BCUT2D eigenvalue weighted by atomic mass is 9.89. The average Bonchev–Trinajstić information content (AvgIpc) is 3.31. The highest BCUT2D eigenvalue weighted by Gasteiger charge is 2.51. The molecule has 0 radical (unpaired) electrons. The molecule has 0 bridgehead atoms. The third-order valence-electron chi connectivity index (χ3n) is 5.69. The zero-order valence-corrected chi connectivity index (χ0v) is 20.7. The number of ether oxygens (including phenoxy) is 2. The first-order valence-corrected chi connectivity index (χ1v) is 12.6. The van der Waals surface area contributed by atoms with Crippen LogP contribution in [-0.4, -0.2) is 22.7 Å². The number of Topliss-reactive ketones (excluding diaryl/α,β-unsaturated/α-hetero) is 1. The smallest absolute Gasteiger partial charge is 0.231 e. The Kier molecular flexibility index (Phi) is 8.64. The quantitative estimate of drug-likeness (QED) is 0.458. The Labute approximate surface area is 200 Å². The van der Waals surface area contributed by atoms with Crippen molar-refractivity contribution in [2.75, 3.05) is 6.79 Å². The Balaban J connectivity index is 0.000000728. The van der Waals surface area contributed by atoms with E-state index in [1.54, 1.807) is 6.20 Å². The van der Waals surface area contributed by atoms with Gasteiger partial charge in [-0.05, 0) is 36.1 Å². The van der Waals surface area contributed by atoms with Crippen molar-refractivity contribution in [3.05, 3.63) is 75.7 Å². The van der Waals surface area contributed by atoms with Crippen LogP contribution in [0.4, 0.5) is 0 Å². The van der Waals surface area contributed by atoms with Crippen molar-refractivity contribution in [3.8, 4) is 11.5 Å². The van der Waals surface area contributed by atoms with E-state index in [1.165, 1.54) is 11.3 Å². The number of aromatic nitrogens is 1. The zero-order chi connectivity index (χ0) is 23.8. The van der Waals surface area contributed by atoms with E-state index in [0.29, 0.717) is 12.2 Å². The standard InChI is InChI=1S/C23H21NO4S.2C2H6/c25-17(10-15-4-2-1-3-5-15)20-13-24-22(29-20)12-21(26)23(8-9-23)16-6-7-18-19(11-16)28-14-27-18;2*1-2/h1-7,11,13,17,25H,8-10,12,14H2;2*1-2H3. The van der Waals surface area contributed by atoms with Crippen molar-refractivity contribution in [2.24, 2.45) is 0 Å². The summed E-state index contributed by atoms with van der Waals surface area (Å²) in [6, 6.07) is 15.7. The number of thiazole rings is 1. The number of aliphatic hydroxyl groups is 1. The van der Waals surface area contributed by atoms with Crippen molar-refractivity contribution in [1.29, 1.82) is 0 Å². The van der Waals surface area contributed by atoms with Crippen molar-refractivity contribution >= 4 is 17.1 Å². The molecule has 6 heteroatoms. The number of ketones is 1. The topological polar surface area (TPSA) is 68.7 Å². The molecule has 1 aliphatic heterocycles. The molecule has 2 aromatic carbocycles. The van der Waals surface area contributed by atoms with Gasteiger partial charge in [-0.25, -0.2) is 4.98 Å². The van der Waals surface area contributed by atoms with Gasteiger partial charge >= 0.3 is 0 Å². The highest BCUT2D eigenvalue weighted by atomic mass is 32.1. The molecule has 1 saturated carbocycles. The lowest BCUT2D eigenvalue weighted by Crippen LogP contribution is -2.22. The molecule has 1 fully saturated rings. The van der Waals surface area contributed by atoms with E-state index in [0.717, 1.165) is 39.6 Å². The number of carbonyl (C=O) groups is 1. The first kappa shape index (κ1) is 24.9. The summed E-state index contributed by atoms with van der Waals surface area (Å²) in [5, 5.41) is 11.3. The van der Waals surface area contributed by atoms with Crippen LogP contribution in [0.3, 0.4) is 0 Å². The molecule has 0 amide bonds. The first-order chi connectivity index (χ1) is 16.1. The maximum absolute atomic E-state index is 13.1. The zero-order valence-electron chi connectivity index (χ0n) is 19.8. The number of rotatable bonds is 7. The number of nitrogens with zero attached hydrogens (tertiary/aromatic N) is 1. The summed E-state index contributed by atoms with van der Waals surface area (Å²) in [4.78, 5) is 18.3. The highest BCUT2D eigenvalue weighted by molar-refractivity contribution is 7.11. The second-order valence-corrected chi connectivity index (χ2v) is 8.76. The third-order valence-corrected chi connectivity index (χ3v) is 6.79. The average molecular weight is 468 g/mol. The summed E-state index contributed by atoms with van der Waals surface area (Å²) >= 11 is 1.42. The van der Waals surface area contributed by atoms with E-state index >= 15 is 0 Å². The van der Waals surface area contributed by atoms with E-state index in [4.69, 9.17) is 9.47 Å². The molecule has 5 rings (SSSR count). The molecule has 176 valence electrons. The lowest BCUT2D eigenvalue weighted by Gasteiger charge is -2.14. The van der Waals surface area contributed by atoms with Gasteiger partial charge in [0.1, 0.15) is 10.8 Å². The molecule has 1 unspecified atom stereocenters. The minimum Gasteiger partial charge on any atom is -0.454 e. The minimum atomic E-state index is -0.609. The number of fused-ring (bicyclic) bond motifs is 1. The Bertz CT molecular complexity index is 1040. The van der Waals surface area contributed by atoms with Crippen LogP contribution < -0.4 is 9.47 Å². The number of hydrogen-bond acceptors (Lipinski definition) is 6. The molecule has 1 aliphatic carbocycles. The predicted molar refractivity (Wildman–Crippen MR) is 132 cm³/mol. The summed E-state index contributed by atoms with van der Waals surface area (Å²) in [6.45, 7) is 8.23. The van der Waals surface area contributed by atoms with Crippen LogP contribution in [0.2, 0.25) is 0 Å². The number of hydrogen-bond donors (Lipinski definition) is 1. The van der Waals surface area contributed by atoms with Crippen molar-refractivity contribution in [1.82, 2.24) is 4.98 Å². The largest absolute Gasteiger partial charge is 0.454 e. The normalized spacial score (nSPS) is 15.4. The molecule has 1 atom stereocenters. The SMILES string of the molecule is CC.CC.O=C(Cc1ncc(C(O)Cc2ccccc2)s1)C1(c2ccc3c(c2)OCO3)CC1. The van der Waals surface area contributed by atoms with E-state index in [1.807, 2.05) is 76.2 Å². The minimum absolute atomic E-state index is 0.176. The summed E-state index contributed by atoms with van der Waals surface area (Å²) < 4.78 is 10.8. The molecule has 33 heavy (non-hydrogen) atoms. The molecular formula is C27H33NO4S. The molecule has 2 heterocycles. The maximum atomic E-state index is 13.1. The molecule has 5 nitrogen and oxygen atoms in total. The summed E-state index contributed by atoms with van der Waals surface area (Å²) in [7, 11) is 0. The van der Waals surface area contributed by atoms with Gasteiger partial charge in [-0.3, -0.25) is 4.79 Å². The Hall–Kier alpha value is -2.70. The van der Waals surface area contributed by atoms with Crippen molar-refractivity contribution < 1.29 is 19.4 Å². The van der Waals surface area contributed by atoms with Gasteiger partial charge in [0.15, 0.2) is 11.5 Å². The second-order valence-electron chi connectivity index (χ2n) is 7.61. The number of carbonyl (C=O) groups excluding carboxylic acids is 1. The van der Waals surface area contributed by atoms with E-state index in [2.05, 4.69) is 4.98 Å². The first-order valence-electron chi connectivity index (χ1n) is 11.7. The van der Waals surface area contributed by atoms with Crippen LogP contribution in [0, 0.1) is 0 Å². The van der Waals surface area contributed by atoms with E-state index < -0.39 is 11.5 Å². The van der Waals surface area contributed by atoms with Gasteiger partial charge < -0.3 is 14.6 Å². The van der Waals surface area contributed by atoms with Gasteiger partial charge in [0.25, 0.3) is 0 Å². The molecular weight excluding hydrogens is 434 g/mol. The van der Waals surface area contributed by atoms with Crippen LogP contribution in [0.15, 0.2) is 54.7 Å². The van der Waals surface area contributed by atoms with Crippen LogP contribution in [0.5, 0.6) is 11.5 Å². The number of benzene rings is 2. The Morgan fingerprint density at radius 3 is 2.45 bits per heavy atom. The van der Waals surface area contributed by atoms with Gasteiger partial charge in [-0.2, -0.15) is 0 Å². The van der Waals surface area contributed by atoms with Crippen molar-refractivity contribution in [3.63, 3.8) is 0 Å². The molecule has 0 spiro atoms. The van der Waals surface area contributed by atoms with E-state index in [-0.39, 0.29) is 19.0 Å². The fraction of sp³-hybridized carbons (Fsp3) is 0.407. The molecule has 0 saturated heterocycles. The van der Waals surface area contributed by atoms with Crippen molar-refractivity contribution in [2.45, 2.75) is 64.9 Å². The van der Waals surface area contributed by atoms with Gasteiger partial charge in [-0.15, -0.1) is 11.3 Å². The van der Waals surface area contributed by atoms with Gasteiger partial charge in [0.05, 0.1) is 22.8 Å². The van der Waals surface area contributed by atoms with Crippen LogP contribution in [0.1, 0.15) is 67.7 Å². The summed E-state index contributed by atoms with van der Waals surface area (Å²) in [6.07, 6.45) is 3.61. The lowest BCUT2D eigenvalue weighted by molar-refractivity contribution is -0.120. The Morgan fingerprint density at radius 2 is 1.76 bits per heavy atom. The van der Waals surface area contributed by atoms with E-state index in [9.17, 15) is 9.90 Å². The molecule has 1 aromatic heterocycles. The van der Waals surface area contributed by atoms with Crippen LogP contribution >= 0.6 is 11.3 Å². The van der Waals surface area contributed by atoms with Gasteiger partial charge in [-0.1, -0.05) is 64.1 Å². The Morgan fingerprint density at radius 1 is 1.06 bits per heavy atom. The van der Waals surface area contributed by atoms with Gasteiger partial charge in [0.2, 0.25) is 6.79 Å². The fourth-order valence-corrected chi connectivity index (χ4v) is 4.76. The summed E-state index contributed by atoms with van der Waals surface area (Å²) in [5.74, 6) is 1.62. The summed E-state index contributed by atoms with van der Waals surface area (Å²) in [5.41, 5.74) is 1.63. The van der Waals surface area contributed by atoms with Gasteiger partial charge in [0, 0.05) is 12.6 Å². The third kappa shape index (κ3) is 5.63.